The van der Waals surface area contributed by atoms with E-state index in [0.717, 1.165) is 7.11 Å². The second-order valence-electron chi connectivity index (χ2n) is 2.91. The number of alkyl halides is 4. The molecule has 1 aromatic heterocycles. The lowest BCUT2D eigenvalue weighted by molar-refractivity contribution is -0.390. The van der Waals surface area contributed by atoms with Crippen molar-refractivity contribution in [2.45, 2.75) is 13.0 Å². The molecular weight excluding hydrogens is 264 g/mol. The molecule has 10 heteroatoms. The molecule has 0 radical (unpaired) electrons. The fourth-order valence-electron chi connectivity index (χ4n) is 1.14. The molecule has 0 aliphatic carbocycles. The molecule has 0 spiro atoms. The fourth-order valence-corrected chi connectivity index (χ4v) is 1.14. The highest BCUT2D eigenvalue weighted by Gasteiger charge is 2.37. The number of hydrogen-bond acceptors (Lipinski definition) is 5. The van der Waals surface area contributed by atoms with Gasteiger partial charge < -0.3 is 19.6 Å². The molecule has 0 bridgehead atoms. The van der Waals surface area contributed by atoms with Crippen molar-refractivity contribution in [1.82, 2.24) is 4.98 Å². The predicted octanol–water partition coefficient (Wildman–Crippen LogP) is 2.37. The topological polar surface area (TPSA) is 74.5 Å². The van der Waals surface area contributed by atoms with Crippen molar-refractivity contribution in [2.24, 2.45) is 0 Å². The van der Waals surface area contributed by atoms with Crippen LogP contribution in [0.2, 0.25) is 0 Å². The summed E-state index contributed by atoms with van der Waals surface area (Å²) >= 11 is 0. The Labute approximate surface area is 97.3 Å². The Morgan fingerprint density at radius 2 is 2.06 bits per heavy atom. The average molecular weight is 270 g/mol. The van der Waals surface area contributed by atoms with Gasteiger partial charge in [0.1, 0.15) is 12.9 Å². The lowest BCUT2D eigenvalue weighted by atomic mass is 10.2. The molecule has 100 valence electrons. The van der Waals surface area contributed by atoms with Gasteiger partial charge in [0.15, 0.2) is 5.75 Å². The Kier molecular flexibility index (Phi) is 3.89. The zero-order valence-corrected chi connectivity index (χ0v) is 8.82. The van der Waals surface area contributed by atoms with Crippen molar-refractivity contribution in [2.75, 3.05) is 7.11 Å². The maximum Gasteiger partial charge on any atom is 0.573 e. The largest absolute Gasteiger partial charge is 0.573 e. The van der Waals surface area contributed by atoms with Crippen molar-refractivity contribution in [3.63, 3.8) is 0 Å². The minimum Gasteiger partial charge on any atom is -0.486 e. The van der Waals surface area contributed by atoms with E-state index < -0.39 is 40.8 Å². The molecular formula is C8H6F4N2O4. The first-order valence-corrected chi connectivity index (χ1v) is 4.32. The van der Waals surface area contributed by atoms with Gasteiger partial charge in [-0.05, 0) is 9.91 Å². The Morgan fingerprint density at radius 1 is 1.44 bits per heavy atom. The summed E-state index contributed by atoms with van der Waals surface area (Å²) in [6.07, 6.45) is -4.55. The Hall–Kier alpha value is -2.13. The summed E-state index contributed by atoms with van der Waals surface area (Å²) in [5.41, 5.74) is -0.602. The highest BCUT2D eigenvalue weighted by molar-refractivity contribution is 5.54. The van der Waals surface area contributed by atoms with Crippen LogP contribution >= 0.6 is 0 Å². The van der Waals surface area contributed by atoms with E-state index in [9.17, 15) is 27.7 Å². The van der Waals surface area contributed by atoms with Crippen molar-refractivity contribution in [3.05, 3.63) is 21.9 Å². The molecule has 1 aromatic rings. The van der Waals surface area contributed by atoms with Gasteiger partial charge in [-0.1, -0.05) is 0 Å². The molecule has 6 nitrogen and oxygen atoms in total. The molecule has 1 heterocycles. The maximum atomic E-state index is 12.5. The van der Waals surface area contributed by atoms with E-state index in [0.29, 0.717) is 6.20 Å². The molecule has 0 N–H and O–H groups in total. The van der Waals surface area contributed by atoms with Gasteiger partial charge in [-0.3, -0.25) is 0 Å². The standard InChI is InChI=1S/C8H6F4N2O4/c1-17-6-5(18-8(10,11)12)4(2-9)3-13-7(6)14(15)16/h3H,2H2,1H3. The van der Waals surface area contributed by atoms with Gasteiger partial charge in [0.05, 0.1) is 12.7 Å². The summed E-state index contributed by atoms with van der Waals surface area (Å²) in [6, 6.07) is 0. The van der Waals surface area contributed by atoms with Crippen LogP contribution in [0, 0.1) is 10.1 Å². The number of ether oxygens (including phenoxy) is 2. The molecule has 0 aromatic carbocycles. The maximum absolute atomic E-state index is 12.5. The van der Waals surface area contributed by atoms with E-state index in [2.05, 4.69) is 14.5 Å². The lowest BCUT2D eigenvalue weighted by Crippen LogP contribution is -2.19. The van der Waals surface area contributed by atoms with Crippen molar-refractivity contribution >= 4 is 5.82 Å². The van der Waals surface area contributed by atoms with Gasteiger partial charge in [0, 0.05) is 0 Å². The molecule has 0 atom stereocenters. The van der Waals surface area contributed by atoms with Crippen LogP contribution in [0.25, 0.3) is 0 Å². The van der Waals surface area contributed by atoms with Crippen LogP contribution in [-0.2, 0) is 6.67 Å². The summed E-state index contributed by atoms with van der Waals surface area (Å²) in [6.45, 7) is -1.34. The second kappa shape index (κ2) is 5.02. The third kappa shape index (κ3) is 2.96. The first kappa shape index (κ1) is 13.9. The summed E-state index contributed by atoms with van der Waals surface area (Å²) in [7, 11) is 0.884. The monoisotopic (exact) mass is 270 g/mol. The van der Waals surface area contributed by atoms with Gasteiger partial charge in [0.25, 0.3) is 5.75 Å². The Bertz CT molecular complexity index is 463. The van der Waals surface area contributed by atoms with Gasteiger partial charge in [-0.15, -0.1) is 13.2 Å². The van der Waals surface area contributed by atoms with Crippen LogP contribution < -0.4 is 9.47 Å². The number of aromatic nitrogens is 1. The Balaban J connectivity index is 3.41. The quantitative estimate of drug-likeness (QED) is 0.477. The summed E-state index contributed by atoms with van der Waals surface area (Å²) in [4.78, 5) is 12.7. The first-order chi connectivity index (χ1) is 8.30. The Morgan fingerprint density at radius 3 is 2.44 bits per heavy atom. The number of hydrogen-bond donors (Lipinski definition) is 0. The highest BCUT2D eigenvalue weighted by Crippen LogP contribution is 2.40. The van der Waals surface area contributed by atoms with Gasteiger partial charge >= 0.3 is 12.2 Å². The number of rotatable bonds is 4. The van der Waals surface area contributed by atoms with Crippen LogP contribution in [0.5, 0.6) is 11.5 Å². The SMILES string of the molecule is COc1c([N+](=O)[O-])ncc(CF)c1OC(F)(F)F. The third-order valence-electron chi connectivity index (χ3n) is 1.78. The van der Waals surface area contributed by atoms with Gasteiger partial charge in [-0.25, -0.2) is 4.39 Å². The molecule has 18 heavy (non-hydrogen) atoms. The molecule has 0 amide bonds. The van der Waals surface area contributed by atoms with Crippen LogP contribution in [0.4, 0.5) is 23.4 Å². The minimum absolute atomic E-state index is 0.585. The van der Waals surface area contributed by atoms with Crippen LogP contribution in [0.3, 0.4) is 0 Å². The van der Waals surface area contributed by atoms with E-state index in [1.807, 2.05) is 0 Å². The van der Waals surface area contributed by atoms with E-state index in [1.165, 1.54) is 0 Å². The van der Waals surface area contributed by atoms with E-state index in [4.69, 9.17) is 0 Å². The fraction of sp³-hybridized carbons (Fsp3) is 0.375. The molecule has 0 saturated heterocycles. The minimum atomic E-state index is -5.13. The lowest BCUT2D eigenvalue weighted by Gasteiger charge is -2.13. The van der Waals surface area contributed by atoms with Gasteiger partial charge in [0.2, 0.25) is 0 Å². The number of nitrogens with zero attached hydrogens (tertiary/aromatic N) is 2. The number of pyridine rings is 1. The predicted molar refractivity (Wildman–Crippen MR) is 48.9 cm³/mol. The second-order valence-corrected chi connectivity index (χ2v) is 2.91. The van der Waals surface area contributed by atoms with Crippen LogP contribution in [-0.4, -0.2) is 23.4 Å². The summed E-state index contributed by atoms with van der Waals surface area (Å²) < 4.78 is 56.8. The number of nitro groups is 1. The molecule has 0 aliphatic rings. The van der Waals surface area contributed by atoms with Crippen LogP contribution in [0.1, 0.15) is 5.56 Å². The molecule has 0 fully saturated rings. The van der Waals surface area contributed by atoms with Crippen molar-refractivity contribution in [1.29, 1.82) is 0 Å². The molecule has 1 rings (SSSR count). The zero-order valence-electron chi connectivity index (χ0n) is 8.82. The zero-order chi connectivity index (χ0) is 13.9. The molecule has 0 saturated carbocycles. The summed E-state index contributed by atoms with van der Waals surface area (Å²) in [5, 5.41) is 10.5. The van der Waals surface area contributed by atoms with E-state index in [1.54, 1.807) is 0 Å². The van der Waals surface area contributed by atoms with Crippen molar-refractivity contribution in [3.8, 4) is 11.5 Å². The average Bonchev–Trinajstić information content (AvgIpc) is 2.26. The smallest absolute Gasteiger partial charge is 0.486 e. The number of methoxy groups -OCH3 is 1. The first-order valence-electron chi connectivity index (χ1n) is 4.32. The highest BCUT2D eigenvalue weighted by atomic mass is 19.4. The van der Waals surface area contributed by atoms with Crippen molar-refractivity contribution < 1.29 is 32.0 Å². The van der Waals surface area contributed by atoms with Crippen LogP contribution in [0.15, 0.2) is 6.20 Å². The molecule has 0 unspecified atom stereocenters. The van der Waals surface area contributed by atoms with E-state index >= 15 is 0 Å². The summed E-state index contributed by atoms with van der Waals surface area (Å²) in [5.74, 6) is -2.98. The third-order valence-corrected chi connectivity index (χ3v) is 1.78. The number of halogens is 4. The normalized spacial score (nSPS) is 11.2. The van der Waals surface area contributed by atoms with E-state index in [-0.39, 0.29) is 0 Å². The van der Waals surface area contributed by atoms with Gasteiger partial charge in [-0.2, -0.15) is 0 Å². The molecule has 0 aliphatic heterocycles.